The largest absolute Gasteiger partial charge is 0.444 e. The maximum atomic E-state index is 12.7. The fourth-order valence-corrected chi connectivity index (χ4v) is 3.68. The summed E-state index contributed by atoms with van der Waals surface area (Å²) in [6, 6.07) is 2.58. The van der Waals surface area contributed by atoms with Crippen LogP contribution in [0, 0.1) is 6.92 Å². The summed E-state index contributed by atoms with van der Waals surface area (Å²) in [5.74, 6) is -0.295. The van der Waals surface area contributed by atoms with E-state index < -0.39 is 23.8 Å². The van der Waals surface area contributed by atoms with Gasteiger partial charge >= 0.3 is 6.09 Å². The summed E-state index contributed by atoms with van der Waals surface area (Å²) < 4.78 is 6.59. The summed E-state index contributed by atoms with van der Waals surface area (Å²) in [7, 11) is 0. The Hall–Kier alpha value is -2.45. The van der Waals surface area contributed by atoms with Gasteiger partial charge in [-0.25, -0.2) is 9.78 Å². The lowest BCUT2D eigenvalue weighted by Gasteiger charge is -2.29. The third-order valence-corrected chi connectivity index (χ3v) is 5.43. The summed E-state index contributed by atoms with van der Waals surface area (Å²) in [5, 5.41) is 11.1. The number of carbonyl (C=O) groups excluding carboxylic acids is 2. The van der Waals surface area contributed by atoms with E-state index in [2.05, 4.69) is 4.98 Å². The summed E-state index contributed by atoms with van der Waals surface area (Å²) in [6.07, 6.45) is 0.222. The van der Waals surface area contributed by atoms with E-state index in [1.54, 1.807) is 32.9 Å². The van der Waals surface area contributed by atoms with Crippen LogP contribution in [-0.4, -0.2) is 55.7 Å². The number of fused-ring (bicyclic) bond motifs is 1. The minimum atomic E-state index is -0.824. The van der Waals surface area contributed by atoms with E-state index in [0.717, 1.165) is 5.56 Å². The van der Waals surface area contributed by atoms with Gasteiger partial charge in [0.1, 0.15) is 5.60 Å². The van der Waals surface area contributed by atoms with Gasteiger partial charge in [-0.3, -0.25) is 14.2 Å². The molecule has 2 heterocycles. The molecule has 0 unspecified atom stereocenters. The smallest absolute Gasteiger partial charge is 0.410 e. The van der Waals surface area contributed by atoms with Crippen molar-refractivity contribution in [3.05, 3.63) is 39.4 Å². The Morgan fingerprint density at radius 2 is 2.03 bits per heavy atom. The second kappa shape index (κ2) is 8.35. The van der Waals surface area contributed by atoms with Crippen molar-refractivity contribution >= 4 is 34.4 Å². The van der Waals surface area contributed by atoms with Crippen LogP contribution >= 0.6 is 11.6 Å². The zero-order valence-corrected chi connectivity index (χ0v) is 18.3. The molecule has 0 aliphatic carbocycles. The molecule has 1 aromatic heterocycles. The number of hydrogen-bond donors (Lipinski definition) is 1. The number of Topliss-reactive ketones (excluding diaryl/α,β-unsaturated/α-hetero) is 1. The first-order valence-electron chi connectivity index (χ1n) is 9.81. The van der Waals surface area contributed by atoms with Crippen LogP contribution < -0.4 is 5.56 Å². The molecule has 1 aromatic carbocycles. The third kappa shape index (κ3) is 4.82. The van der Waals surface area contributed by atoms with Crippen LogP contribution in [0.1, 0.15) is 39.2 Å². The molecular formula is C21H26ClN3O5. The van der Waals surface area contributed by atoms with E-state index in [-0.39, 0.29) is 24.3 Å². The Balaban J connectivity index is 1.76. The summed E-state index contributed by atoms with van der Waals surface area (Å²) in [4.78, 5) is 43.5. The van der Waals surface area contributed by atoms with Gasteiger partial charge in [0.25, 0.3) is 5.56 Å². The maximum Gasteiger partial charge on any atom is 0.410 e. The second-order valence-electron chi connectivity index (χ2n) is 8.64. The topological polar surface area (TPSA) is 102 Å². The summed E-state index contributed by atoms with van der Waals surface area (Å²) in [6.45, 7) is 7.18. The molecule has 1 amide bonds. The maximum absolute atomic E-state index is 12.7. The molecule has 1 saturated heterocycles. The highest BCUT2D eigenvalue weighted by molar-refractivity contribution is 6.32. The predicted octanol–water partition coefficient (Wildman–Crippen LogP) is 2.69. The SMILES string of the molecule is Cc1cc2ncn(CC(=O)C[C@@H]3[C@@H](O)CCN3C(=O)OC(C)(C)C)c(=O)c2cc1Cl. The van der Waals surface area contributed by atoms with E-state index in [1.165, 1.54) is 15.8 Å². The Kier molecular flexibility index (Phi) is 6.19. The molecule has 0 spiro atoms. The Labute approximate surface area is 179 Å². The van der Waals surface area contributed by atoms with Crippen molar-refractivity contribution < 1.29 is 19.4 Å². The van der Waals surface area contributed by atoms with E-state index in [0.29, 0.717) is 28.9 Å². The molecule has 1 aliphatic heterocycles. The predicted molar refractivity (Wildman–Crippen MR) is 113 cm³/mol. The molecule has 8 nitrogen and oxygen atoms in total. The van der Waals surface area contributed by atoms with Crippen LogP contribution in [0.2, 0.25) is 5.02 Å². The molecule has 0 radical (unpaired) electrons. The number of carbonyl (C=O) groups is 2. The Morgan fingerprint density at radius 3 is 2.70 bits per heavy atom. The van der Waals surface area contributed by atoms with Gasteiger partial charge in [-0.05, 0) is 51.8 Å². The highest BCUT2D eigenvalue weighted by atomic mass is 35.5. The van der Waals surface area contributed by atoms with Gasteiger partial charge < -0.3 is 14.7 Å². The van der Waals surface area contributed by atoms with Crippen LogP contribution in [0.5, 0.6) is 0 Å². The molecule has 3 rings (SSSR count). The first-order chi connectivity index (χ1) is 14.0. The molecule has 2 atom stereocenters. The average molecular weight is 436 g/mol. The number of aromatic nitrogens is 2. The molecule has 9 heteroatoms. The van der Waals surface area contributed by atoms with Crippen LogP contribution in [0.4, 0.5) is 4.79 Å². The molecule has 2 aromatic rings. The minimum absolute atomic E-state index is 0.0838. The minimum Gasteiger partial charge on any atom is -0.444 e. The summed E-state index contributed by atoms with van der Waals surface area (Å²) in [5.41, 5.74) is 0.268. The number of aryl methyl sites for hydroxylation is 1. The molecule has 30 heavy (non-hydrogen) atoms. The number of likely N-dealkylation sites (tertiary alicyclic amines) is 1. The number of aliphatic hydroxyl groups is 1. The molecule has 0 saturated carbocycles. The van der Waals surface area contributed by atoms with Crippen molar-refractivity contribution in [3.8, 4) is 0 Å². The number of rotatable bonds is 4. The molecular weight excluding hydrogens is 410 g/mol. The number of ether oxygens (including phenoxy) is 1. The number of ketones is 1. The van der Waals surface area contributed by atoms with Gasteiger partial charge in [0, 0.05) is 18.0 Å². The number of benzene rings is 1. The van der Waals surface area contributed by atoms with Crippen molar-refractivity contribution in [2.45, 2.75) is 64.8 Å². The van der Waals surface area contributed by atoms with Crippen molar-refractivity contribution in [1.82, 2.24) is 14.5 Å². The molecule has 1 N–H and O–H groups in total. The number of nitrogens with zero attached hydrogens (tertiary/aromatic N) is 3. The van der Waals surface area contributed by atoms with Crippen LogP contribution in [0.15, 0.2) is 23.3 Å². The van der Waals surface area contributed by atoms with Crippen molar-refractivity contribution in [2.24, 2.45) is 0 Å². The second-order valence-corrected chi connectivity index (χ2v) is 9.04. The Bertz CT molecular complexity index is 1040. The fourth-order valence-electron chi connectivity index (χ4n) is 3.51. The van der Waals surface area contributed by atoms with Crippen LogP contribution in [-0.2, 0) is 16.1 Å². The van der Waals surface area contributed by atoms with E-state index in [9.17, 15) is 19.5 Å². The monoisotopic (exact) mass is 435 g/mol. The lowest BCUT2D eigenvalue weighted by molar-refractivity contribution is -0.121. The van der Waals surface area contributed by atoms with Crippen molar-refractivity contribution in [2.75, 3.05) is 6.54 Å². The van der Waals surface area contributed by atoms with Gasteiger partial charge in [0.05, 0.1) is 35.9 Å². The molecule has 1 fully saturated rings. The lowest BCUT2D eigenvalue weighted by atomic mass is 10.1. The van der Waals surface area contributed by atoms with Crippen molar-refractivity contribution in [1.29, 1.82) is 0 Å². The molecule has 0 bridgehead atoms. The van der Waals surface area contributed by atoms with E-state index in [1.807, 2.05) is 6.92 Å². The normalized spacial score (nSPS) is 19.3. The van der Waals surface area contributed by atoms with E-state index in [4.69, 9.17) is 16.3 Å². The molecule has 162 valence electrons. The van der Waals surface area contributed by atoms with Gasteiger partial charge in [-0.2, -0.15) is 0 Å². The fraction of sp³-hybridized carbons (Fsp3) is 0.524. The zero-order valence-electron chi connectivity index (χ0n) is 17.5. The van der Waals surface area contributed by atoms with Crippen LogP contribution in [0.25, 0.3) is 10.9 Å². The first kappa shape index (κ1) is 22.2. The van der Waals surface area contributed by atoms with Gasteiger partial charge in [0.2, 0.25) is 0 Å². The average Bonchev–Trinajstić information content (AvgIpc) is 2.98. The molecule has 1 aliphatic rings. The highest BCUT2D eigenvalue weighted by Gasteiger charge is 2.39. The van der Waals surface area contributed by atoms with Gasteiger partial charge in [-0.1, -0.05) is 11.6 Å². The van der Waals surface area contributed by atoms with Gasteiger partial charge in [0.15, 0.2) is 5.78 Å². The van der Waals surface area contributed by atoms with Gasteiger partial charge in [-0.15, -0.1) is 0 Å². The lowest BCUT2D eigenvalue weighted by Crippen LogP contribution is -2.44. The van der Waals surface area contributed by atoms with E-state index >= 15 is 0 Å². The number of amides is 1. The first-order valence-corrected chi connectivity index (χ1v) is 10.2. The highest BCUT2D eigenvalue weighted by Crippen LogP contribution is 2.24. The summed E-state index contributed by atoms with van der Waals surface area (Å²) >= 11 is 6.12. The number of hydrogen-bond acceptors (Lipinski definition) is 6. The Morgan fingerprint density at radius 1 is 1.33 bits per heavy atom. The third-order valence-electron chi connectivity index (χ3n) is 5.03. The van der Waals surface area contributed by atoms with Crippen molar-refractivity contribution in [3.63, 3.8) is 0 Å². The standard InChI is InChI=1S/C21H26ClN3O5/c1-12-7-16-14(9-15(12)22)19(28)24(11-23-16)10-13(26)8-17-18(27)5-6-25(17)20(29)30-21(2,3)4/h7,9,11,17-18,27H,5-6,8,10H2,1-4H3/t17-,18+/m1/s1. The zero-order chi connectivity index (χ0) is 22.2. The number of aliphatic hydroxyl groups excluding tert-OH is 1. The number of halogens is 1. The van der Waals surface area contributed by atoms with Crippen LogP contribution in [0.3, 0.4) is 0 Å². The quantitative estimate of drug-likeness (QED) is 0.792.